The number of alkyl halides is 3. The molecule has 0 amide bonds. The summed E-state index contributed by atoms with van der Waals surface area (Å²) in [7, 11) is 2.77. The number of rotatable bonds is 6. The van der Waals surface area contributed by atoms with E-state index in [1.54, 1.807) is 28.9 Å². The molecule has 0 spiro atoms. The molecule has 0 aliphatic carbocycles. The maximum atomic E-state index is 12.6. The van der Waals surface area contributed by atoms with Gasteiger partial charge in [0.05, 0.1) is 32.2 Å². The molecule has 0 aliphatic heterocycles. The van der Waals surface area contributed by atoms with Crippen LogP contribution < -0.4 is 0 Å². The summed E-state index contributed by atoms with van der Waals surface area (Å²) in [4.78, 5) is 15.2. The van der Waals surface area contributed by atoms with Gasteiger partial charge in [-0.15, -0.1) is 0 Å². The Morgan fingerprint density at radius 3 is 2.50 bits per heavy atom. The minimum Gasteiger partial charge on any atom is -0.465 e. The summed E-state index contributed by atoms with van der Waals surface area (Å²) in [5.41, 5.74) is 2.01. The summed E-state index contributed by atoms with van der Waals surface area (Å²) in [6.07, 6.45) is -3.30. The van der Waals surface area contributed by atoms with Crippen molar-refractivity contribution < 1.29 is 32.0 Å². The Labute approximate surface area is 156 Å². The average Bonchev–Trinajstić information content (AvgIpc) is 3.30. The molecule has 148 valence electrons. The van der Waals surface area contributed by atoms with Gasteiger partial charge < -0.3 is 14.0 Å². The van der Waals surface area contributed by atoms with Crippen molar-refractivity contribution in [2.75, 3.05) is 14.2 Å². The largest absolute Gasteiger partial charge is 0.471 e. The summed E-state index contributed by atoms with van der Waals surface area (Å²) >= 11 is 0. The smallest absolute Gasteiger partial charge is 0.465 e. The molecule has 0 atom stereocenters. The Balaban J connectivity index is 1.80. The molecule has 28 heavy (non-hydrogen) atoms. The van der Waals surface area contributed by atoms with E-state index >= 15 is 0 Å². The number of esters is 1. The molecule has 1 aromatic carbocycles. The summed E-state index contributed by atoms with van der Waals surface area (Å²) in [6, 6.07) is 6.52. The van der Waals surface area contributed by atoms with Crippen LogP contribution in [-0.2, 0) is 28.8 Å². The summed E-state index contributed by atoms with van der Waals surface area (Å²) < 4.78 is 53.3. The van der Waals surface area contributed by atoms with Gasteiger partial charge in [-0.05, 0) is 5.56 Å². The van der Waals surface area contributed by atoms with Crippen molar-refractivity contribution in [3.8, 4) is 11.4 Å². The number of aromatic nitrogens is 4. The molecule has 8 nitrogen and oxygen atoms in total. The fraction of sp³-hybridized carbons (Fsp3) is 0.294. The van der Waals surface area contributed by atoms with E-state index in [-0.39, 0.29) is 12.4 Å². The molecular weight excluding hydrogens is 381 g/mol. The van der Waals surface area contributed by atoms with Crippen molar-refractivity contribution >= 4 is 5.97 Å². The fourth-order valence-electron chi connectivity index (χ4n) is 2.50. The van der Waals surface area contributed by atoms with Crippen LogP contribution in [-0.4, -0.2) is 40.1 Å². The number of ether oxygens (including phenoxy) is 2. The number of halogens is 3. The minimum absolute atomic E-state index is 0.158. The first-order valence-electron chi connectivity index (χ1n) is 7.95. The number of carbonyl (C=O) groups excluding carboxylic acids is 1. The van der Waals surface area contributed by atoms with E-state index < -0.39 is 18.0 Å². The lowest BCUT2D eigenvalue weighted by Gasteiger charge is -2.09. The SMILES string of the molecule is COCc1c(C(=O)OC)cnn1Cc1ccc(-c2noc(C(F)(F)F)n2)cc1. The van der Waals surface area contributed by atoms with Crippen LogP contribution in [0.5, 0.6) is 0 Å². The van der Waals surface area contributed by atoms with Gasteiger partial charge in [0.2, 0.25) is 5.82 Å². The highest BCUT2D eigenvalue weighted by Crippen LogP contribution is 2.29. The van der Waals surface area contributed by atoms with Gasteiger partial charge in [-0.25, -0.2) is 4.79 Å². The molecule has 0 saturated heterocycles. The number of hydrogen-bond acceptors (Lipinski definition) is 7. The predicted octanol–water partition coefficient (Wildman–Crippen LogP) is 2.93. The monoisotopic (exact) mass is 396 g/mol. The first-order valence-corrected chi connectivity index (χ1v) is 7.95. The van der Waals surface area contributed by atoms with E-state index in [2.05, 4.69) is 19.8 Å². The molecule has 2 aromatic heterocycles. The Morgan fingerprint density at radius 1 is 1.21 bits per heavy atom. The van der Waals surface area contributed by atoms with Crippen LogP contribution >= 0.6 is 0 Å². The molecule has 3 rings (SSSR count). The number of nitrogens with zero attached hydrogens (tertiary/aromatic N) is 4. The molecule has 0 N–H and O–H groups in total. The second kappa shape index (κ2) is 7.80. The third-order valence-corrected chi connectivity index (χ3v) is 3.85. The molecule has 0 fully saturated rings. The van der Waals surface area contributed by atoms with Gasteiger partial charge in [0, 0.05) is 12.7 Å². The van der Waals surface area contributed by atoms with Crippen LogP contribution in [0.2, 0.25) is 0 Å². The molecule has 0 aliphatic rings. The van der Waals surface area contributed by atoms with Crippen LogP contribution in [0.1, 0.15) is 27.5 Å². The topological polar surface area (TPSA) is 92.3 Å². The third-order valence-electron chi connectivity index (χ3n) is 3.85. The van der Waals surface area contributed by atoms with E-state index in [0.29, 0.717) is 23.4 Å². The summed E-state index contributed by atoms with van der Waals surface area (Å²) in [5.74, 6) is -2.08. The molecule has 0 unspecified atom stereocenters. The third kappa shape index (κ3) is 4.03. The van der Waals surface area contributed by atoms with Gasteiger partial charge >= 0.3 is 18.0 Å². The lowest BCUT2D eigenvalue weighted by Crippen LogP contribution is -2.11. The zero-order chi connectivity index (χ0) is 20.3. The van der Waals surface area contributed by atoms with E-state index in [9.17, 15) is 18.0 Å². The maximum Gasteiger partial charge on any atom is 0.471 e. The molecule has 3 aromatic rings. The van der Waals surface area contributed by atoms with Gasteiger partial charge in [-0.3, -0.25) is 4.68 Å². The summed E-state index contributed by atoms with van der Waals surface area (Å²) in [6.45, 7) is 0.474. The van der Waals surface area contributed by atoms with E-state index in [1.807, 2.05) is 0 Å². The molecular formula is C17H15F3N4O4. The molecule has 0 saturated carbocycles. The predicted molar refractivity (Wildman–Crippen MR) is 88.1 cm³/mol. The van der Waals surface area contributed by atoms with Crippen LogP contribution in [0, 0.1) is 0 Å². The van der Waals surface area contributed by atoms with Crippen LogP contribution in [0.15, 0.2) is 35.0 Å². The van der Waals surface area contributed by atoms with Crippen molar-refractivity contribution in [1.82, 2.24) is 19.9 Å². The highest BCUT2D eigenvalue weighted by atomic mass is 19.4. The standard InChI is InChI=1S/C17H15F3N4O4/c1-26-9-13-12(15(25)27-2)7-21-24(13)8-10-3-5-11(6-4-10)14-22-16(28-23-14)17(18,19)20/h3-7H,8-9H2,1-2H3. The molecule has 2 heterocycles. The molecule has 0 bridgehead atoms. The first kappa shape index (κ1) is 19.5. The normalized spacial score (nSPS) is 11.6. The van der Waals surface area contributed by atoms with Gasteiger partial charge in [0.25, 0.3) is 0 Å². The average molecular weight is 396 g/mol. The highest BCUT2D eigenvalue weighted by molar-refractivity contribution is 5.90. The number of benzene rings is 1. The first-order chi connectivity index (χ1) is 13.3. The maximum absolute atomic E-state index is 12.6. The Bertz CT molecular complexity index is 964. The quantitative estimate of drug-likeness (QED) is 0.592. The number of carbonyl (C=O) groups is 1. The second-order valence-corrected chi connectivity index (χ2v) is 5.71. The Hall–Kier alpha value is -3.21. The van der Waals surface area contributed by atoms with Crippen molar-refractivity contribution in [2.45, 2.75) is 19.3 Å². The van der Waals surface area contributed by atoms with Crippen molar-refractivity contribution in [3.05, 3.63) is 53.2 Å². The Kier molecular flexibility index (Phi) is 5.45. The van der Waals surface area contributed by atoms with Crippen LogP contribution in [0.25, 0.3) is 11.4 Å². The van der Waals surface area contributed by atoms with Crippen molar-refractivity contribution in [2.24, 2.45) is 0 Å². The highest BCUT2D eigenvalue weighted by Gasteiger charge is 2.38. The van der Waals surface area contributed by atoms with Crippen LogP contribution in [0.4, 0.5) is 13.2 Å². The van der Waals surface area contributed by atoms with Gasteiger partial charge in [0.15, 0.2) is 0 Å². The molecule has 0 radical (unpaired) electrons. The second-order valence-electron chi connectivity index (χ2n) is 5.71. The summed E-state index contributed by atoms with van der Waals surface area (Å²) in [5, 5.41) is 7.53. The molecule has 11 heteroatoms. The van der Waals surface area contributed by atoms with Gasteiger partial charge in [-0.2, -0.15) is 23.3 Å². The number of hydrogen-bond donors (Lipinski definition) is 0. The van der Waals surface area contributed by atoms with Gasteiger partial charge in [-0.1, -0.05) is 29.4 Å². The number of methoxy groups -OCH3 is 2. The zero-order valence-electron chi connectivity index (χ0n) is 14.9. The lowest BCUT2D eigenvalue weighted by molar-refractivity contribution is -0.159. The Morgan fingerprint density at radius 2 is 1.93 bits per heavy atom. The minimum atomic E-state index is -4.69. The van der Waals surface area contributed by atoms with Crippen LogP contribution in [0.3, 0.4) is 0 Å². The lowest BCUT2D eigenvalue weighted by atomic mass is 10.1. The van der Waals surface area contributed by atoms with E-state index in [1.165, 1.54) is 20.4 Å². The zero-order valence-corrected chi connectivity index (χ0v) is 14.9. The van der Waals surface area contributed by atoms with E-state index in [0.717, 1.165) is 5.56 Å². The van der Waals surface area contributed by atoms with Gasteiger partial charge in [0.1, 0.15) is 5.56 Å². The van der Waals surface area contributed by atoms with Crippen molar-refractivity contribution in [3.63, 3.8) is 0 Å². The fourth-order valence-corrected chi connectivity index (χ4v) is 2.50. The van der Waals surface area contributed by atoms with E-state index in [4.69, 9.17) is 9.47 Å². The van der Waals surface area contributed by atoms with Crippen molar-refractivity contribution in [1.29, 1.82) is 0 Å².